The number of rotatable bonds is 0. The van der Waals surface area contributed by atoms with Crippen molar-refractivity contribution < 1.29 is 0 Å². The summed E-state index contributed by atoms with van der Waals surface area (Å²) in [5.41, 5.74) is 2.98. The van der Waals surface area contributed by atoms with Crippen molar-refractivity contribution in [3.63, 3.8) is 0 Å². The highest BCUT2D eigenvalue weighted by molar-refractivity contribution is 9.10. The van der Waals surface area contributed by atoms with Gasteiger partial charge < -0.3 is 0 Å². The van der Waals surface area contributed by atoms with Gasteiger partial charge in [-0.1, -0.05) is 28.1 Å². The van der Waals surface area contributed by atoms with E-state index in [0.29, 0.717) is 0 Å². The van der Waals surface area contributed by atoms with Gasteiger partial charge in [-0.15, -0.1) is 11.3 Å². The van der Waals surface area contributed by atoms with Crippen molar-refractivity contribution in [3.05, 3.63) is 40.3 Å². The van der Waals surface area contributed by atoms with Crippen molar-refractivity contribution in [1.82, 2.24) is 4.98 Å². The van der Waals surface area contributed by atoms with E-state index in [1.807, 2.05) is 5.51 Å². The van der Waals surface area contributed by atoms with Crippen LogP contribution in [0.3, 0.4) is 0 Å². The first-order valence-electron chi connectivity index (χ1n) is 4.26. The minimum absolute atomic E-state index is 1.09. The second-order valence-electron chi connectivity index (χ2n) is 3.13. The van der Waals surface area contributed by atoms with Crippen LogP contribution in [0.2, 0.25) is 0 Å². The van der Waals surface area contributed by atoms with Crippen molar-refractivity contribution in [2.45, 2.75) is 0 Å². The molecule has 0 bridgehead atoms. The molecular formula is C11H6BrNS. The fraction of sp³-hybridized carbons (Fsp3) is 0. The lowest BCUT2D eigenvalue weighted by molar-refractivity contribution is 1.51. The van der Waals surface area contributed by atoms with E-state index >= 15 is 0 Å². The molecule has 0 aliphatic carbocycles. The normalized spacial score (nSPS) is 11.2. The molecule has 0 aliphatic rings. The van der Waals surface area contributed by atoms with Gasteiger partial charge in [0.1, 0.15) is 0 Å². The van der Waals surface area contributed by atoms with Gasteiger partial charge in [-0.3, -0.25) is 0 Å². The van der Waals surface area contributed by atoms with E-state index in [1.165, 1.54) is 15.5 Å². The summed E-state index contributed by atoms with van der Waals surface area (Å²) in [6.07, 6.45) is 0. The number of nitrogens with zero attached hydrogens (tertiary/aromatic N) is 1. The molecule has 0 radical (unpaired) electrons. The first kappa shape index (κ1) is 8.38. The Morgan fingerprint density at radius 3 is 3.00 bits per heavy atom. The van der Waals surface area contributed by atoms with Gasteiger partial charge in [0.15, 0.2) is 0 Å². The Labute approximate surface area is 93.5 Å². The van der Waals surface area contributed by atoms with Crippen molar-refractivity contribution in [3.8, 4) is 0 Å². The van der Waals surface area contributed by atoms with Gasteiger partial charge in [-0.25, -0.2) is 4.98 Å². The molecule has 0 fully saturated rings. The monoisotopic (exact) mass is 263 g/mol. The fourth-order valence-electron chi connectivity index (χ4n) is 1.62. The molecule has 0 spiro atoms. The molecule has 0 saturated carbocycles. The molecule has 3 aromatic rings. The van der Waals surface area contributed by atoms with E-state index in [9.17, 15) is 0 Å². The molecule has 0 amide bonds. The van der Waals surface area contributed by atoms with Gasteiger partial charge >= 0.3 is 0 Å². The van der Waals surface area contributed by atoms with Gasteiger partial charge in [0.05, 0.1) is 15.7 Å². The minimum atomic E-state index is 1.09. The Balaban J connectivity index is 2.57. The molecule has 1 aromatic heterocycles. The largest absolute Gasteiger partial charge is 0.245 e. The minimum Gasteiger partial charge on any atom is -0.245 e. The summed E-state index contributed by atoms with van der Waals surface area (Å²) in [6.45, 7) is 0. The van der Waals surface area contributed by atoms with E-state index in [1.54, 1.807) is 11.3 Å². The molecule has 3 rings (SSSR count). The van der Waals surface area contributed by atoms with E-state index in [4.69, 9.17) is 0 Å². The Hall–Kier alpha value is -0.930. The van der Waals surface area contributed by atoms with Crippen molar-refractivity contribution >= 4 is 48.3 Å². The highest BCUT2D eigenvalue weighted by Crippen LogP contribution is 2.29. The molecule has 3 heteroatoms. The second kappa shape index (κ2) is 3.04. The predicted molar refractivity (Wildman–Crippen MR) is 64.8 cm³/mol. The van der Waals surface area contributed by atoms with Crippen LogP contribution in [0, 0.1) is 0 Å². The van der Waals surface area contributed by atoms with Crippen LogP contribution >= 0.6 is 27.3 Å². The molecule has 68 valence electrons. The second-order valence-corrected chi connectivity index (χ2v) is 4.90. The van der Waals surface area contributed by atoms with Crippen LogP contribution in [0.5, 0.6) is 0 Å². The van der Waals surface area contributed by atoms with E-state index < -0.39 is 0 Å². The van der Waals surface area contributed by atoms with Crippen molar-refractivity contribution in [2.24, 2.45) is 0 Å². The van der Waals surface area contributed by atoms with Gasteiger partial charge in [0.2, 0.25) is 0 Å². The third-order valence-corrected chi connectivity index (χ3v) is 3.64. The summed E-state index contributed by atoms with van der Waals surface area (Å²) in [5, 5.41) is 2.55. The number of hydrogen-bond donors (Lipinski definition) is 0. The fourth-order valence-corrected chi connectivity index (χ4v) is 2.83. The number of halogens is 1. The third kappa shape index (κ3) is 1.16. The van der Waals surface area contributed by atoms with Gasteiger partial charge in [0.25, 0.3) is 0 Å². The summed E-state index contributed by atoms with van der Waals surface area (Å²) >= 11 is 5.17. The zero-order valence-electron chi connectivity index (χ0n) is 7.20. The molecule has 0 N–H and O–H groups in total. The Morgan fingerprint density at radius 2 is 2.07 bits per heavy atom. The lowest BCUT2D eigenvalue weighted by Crippen LogP contribution is -1.73. The van der Waals surface area contributed by atoms with Crippen LogP contribution in [0.1, 0.15) is 0 Å². The summed E-state index contributed by atoms with van der Waals surface area (Å²) in [5.74, 6) is 0. The molecule has 2 aromatic carbocycles. The topological polar surface area (TPSA) is 12.9 Å². The lowest BCUT2D eigenvalue weighted by Gasteiger charge is -1.98. The quantitative estimate of drug-likeness (QED) is 0.592. The first-order chi connectivity index (χ1) is 6.84. The number of aromatic nitrogens is 1. The highest BCUT2D eigenvalue weighted by atomic mass is 79.9. The maximum atomic E-state index is 4.30. The van der Waals surface area contributed by atoms with Crippen LogP contribution < -0.4 is 0 Å². The summed E-state index contributed by atoms with van der Waals surface area (Å²) < 4.78 is 2.39. The third-order valence-electron chi connectivity index (χ3n) is 2.27. The van der Waals surface area contributed by atoms with Gasteiger partial charge in [-0.2, -0.15) is 0 Å². The zero-order valence-corrected chi connectivity index (χ0v) is 9.60. The molecule has 0 aliphatic heterocycles. The molecule has 0 saturated heterocycles. The van der Waals surface area contributed by atoms with Crippen LogP contribution in [0.25, 0.3) is 21.0 Å². The number of thiazole rings is 1. The Kier molecular flexibility index (Phi) is 1.82. The Morgan fingerprint density at radius 1 is 1.14 bits per heavy atom. The van der Waals surface area contributed by atoms with E-state index in [2.05, 4.69) is 51.2 Å². The Bertz CT molecular complexity index is 615. The van der Waals surface area contributed by atoms with Crippen LogP contribution in [-0.2, 0) is 0 Å². The standard InChI is InChI=1S/C11H6BrNS/c12-8-2-3-9-7(5-8)1-4-10-11(9)14-6-13-10/h1-6H. The summed E-state index contributed by atoms with van der Waals surface area (Å²) in [6, 6.07) is 10.5. The predicted octanol–water partition coefficient (Wildman–Crippen LogP) is 4.21. The van der Waals surface area contributed by atoms with E-state index in [-0.39, 0.29) is 0 Å². The van der Waals surface area contributed by atoms with Gasteiger partial charge in [0, 0.05) is 9.86 Å². The molecule has 0 unspecified atom stereocenters. The van der Waals surface area contributed by atoms with Crippen LogP contribution in [0.4, 0.5) is 0 Å². The van der Waals surface area contributed by atoms with Crippen molar-refractivity contribution in [1.29, 1.82) is 0 Å². The highest BCUT2D eigenvalue weighted by Gasteiger charge is 2.02. The number of fused-ring (bicyclic) bond motifs is 3. The number of benzene rings is 2. The number of hydrogen-bond acceptors (Lipinski definition) is 2. The van der Waals surface area contributed by atoms with Crippen LogP contribution in [0.15, 0.2) is 40.3 Å². The SMILES string of the molecule is Brc1ccc2c(ccc3ncsc32)c1. The van der Waals surface area contributed by atoms with Gasteiger partial charge in [-0.05, 0) is 23.6 Å². The molecule has 14 heavy (non-hydrogen) atoms. The lowest BCUT2D eigenvalue weighted by atomic mass is 10.1. The smallest absolute Gasteiger partial charge is 0.0818 e. The molecular weight excluding hydrogens is 258 g/mol. The average molecular weight is 264 g/mol. The van der Waals surface area contributed by atoms with E-state index in [0.717, 1.165) is 9.99 Å². The maximum absolute atomic E-state index is 4.30. The average Bonchev–Trinajstić information content (AvgIpc) is 2.65. The van der Waals surface area contributed by atoms with Crippen molar-refractivity contribution in [2.75, 3.05) is 0 Å². The molecule has 0 atom stereocenters. The first-order valence-corrected chi connectivity index (χ1v) is 5.93. The van der Waals surface area contributed by atoms with Crippen LogP contribution in [-0.4, -0.2) is 4.98 Å². The summed E-state index contributed by atoms with van der Waals surface area (Å²) in [4.78, 5) is 4.30. The maximum Gasteiger partial charge on any atom is 0.0818 e. The molecule has 1 heterocycles. The summed E-state index contributed by atoms with van der Waals surface area (Å²) in [7, 11) is 0. The molecule has 1 nitrogen and oxygen atoms in total. The zero-order chi connectivity index (χ0) is 9.54.